The second-order valence-corrected chi connectivity index (χ2v) is 6.39. The van der Waals surface area contributed by atoms with Gasteiger partial charge in [-0.3, -0.25) is 4.79 Å². The molecule has 1 amide bonds. The number of piperidine rings is 2. The Balaban J connectivity index is 0.00000192. The SMILES string of the molecule is COc1ccc(C(=O)N2CCC3(CCNCC3)CC2)cc1F.Cl. The number of likely N-dealkylation sites (tertiary alicyclic amines) is 1. The van der Waals surface area contributed by atoms with E-state index in [-0.39, 0.29) is 24.1 Å². The number of carbonyl (C=O) groups is 1. The number of methoxy groups -OCH3 is 1. The van der Waals surface area contributed by atoms with Gasteiger partial charge in [0.2, 0.25) is 0 Å². The topological polar surface area (TPSA) is 41.6 Å². The molecule has 0 aliphatic carbocycles. The molecule has 0 aromatic heterocycles. The van der Waals surface area contributed by atoms with Gasteiger partial charge in [0.15, 0.2) is 11.6 Å². The van der Waals surface area contributed by atoms with Crippen LogP contribution in [-0.2, 0) is 0 Å². The van der Waals surface area contributed by atoms with Crippen molar-refractivity contribution in [3.05, 3.63) is 29.6 Å². The van der Waals surface area contributed by atoms with Gasteiger partial charge < -0.3 is 15.0 Å². The molecule has 2 fully saturated rings. The van der Waals surface area contributed by atoms with Crippen LogP contribution in [0, 0.1) is 11.2 Å². The lowest BCUT2D eigenvalue weighted by atomic mass is 9.71. The Labute approximate surface area is 142 Å². The summed E-state index contributed by atoms with van der Waals surface area (Å²) in [5.41, 5.74) is 0.812. The number of hydrogen-bond donors (Lipinski definition) is 1. The van der Waals surface area contributed by atoms with E-state index in [4.69, 9.17) is 4.74 Å². The summed E-state index contributed by atoms with van der Waals surface area (Å²) in [6, 6.07) is 4.43. The fourth-order valence-corrected chi connectivity index (χ4v) is 3.62. The van der Waals surface area contributed by atoms with E-state index in [1.54, 1.807) is 6.07 Å². The largest absolute Gasteiger partial charge is 0.494 e. The van der Waals surface area contributed by atoms with Gasteiger partial charge in [-0.1, -0.05) is 0 Å². The molecule has 4 nitrogen and oxygen atoms in total. The average molecular weight is 343 g/mol. The van der Waals surface area contributed by atoms with E-state index in [1.807, 2.05) is 4.90 Å². The number of nitrogens with one attached hydrogen (secondary N) is 1. The van der Waals surface area contributed by atoms with Gasteiger partial charge in [-0.25, -0.2) is 4.39 Å². The zero-order valence-electron chi connectivity index (χ0n) is 13.4. The summed E-state index contributed by atoms with van der Waals surface area (Å²) in [5.74, 6) is -0.394. The number of benzene rings is 1. The van der Waals surface area contributed by atoms with E-state index in [0.717, 1.165) is 39.0 Å². The smallest absolute Gasteiger partial charge is 0.253 e. The second kappa shape index (κ2) is 7.49. The highest BCUT2D eigenvalue weighted by molar-refractivity contribution is 5.94. The Kier molecular flexibility index (Phi) is 5.87. The number of carbonyl (C=O) groups excluding carboxylic acids is 1. The molecule has 0 bridgehead atoms. The fraction of sp³-hybridized carbons (Fsp3) is 0.588. The monoisotopic (exact) mass is 342 g/mol. The average Bonchev–Trinajstić information content (AvgIpc) is 2.55. The van der Waals surface area contributed by atoms with Crippen LogP contribution in [0.5, 0.6) is 5.75 Å². The lowest BCUT2D eigenvalue weighted by Gasteiger charge is -2.44. The Bertz CT molecular complexity index is 552. The van der Waals surface area contributed by atoms with Gasteiger partial charge in [0, 0.05) is 18.7 Å². The van der Waals surface area contributed by atoms with Gasteiger partial charge >= 0.3 is 0 Å². The molecule has 0 saturated carbocycles. The van der Waals surface area contributed by atoms with Crippen molar-refractivity contribution in [2.75, 3.05) is 33.3 Å². The van der Waals surface area contributed by atoms with E-state index in [0.29, 0.717) is 11.0 Å². The highest BCUT2D eigenvalue weighted by Gasteiger charge is 2.36. The molecule has 0 radical (unpaired) electrons. The first-order chi connectivity index (χ1) is 10.6. The quantitative estimate of drug-likeness (QED) is 0.898. The van der Waals surface area contributed by atoms with Crippen LogP contribution in [0.15, 0.2) is 18.2 Å². The normalized spacial score (nSPS) is 20.0. The molecule has 0 atom stereocenters. The van der Waals surface area contributed by atoms with Crippen LogP contribution in [0.4, 0.5) is 4.39 Å². The predicted octanol–water partition coefficient (Wildman–Crippen LogP) is 2.86. The minimum atomic E-state index is -0.486. The summed E-state index contributed by atoms with van der Waals surface area (Å²) < 4.78 is 18.7. The van der Waals surface area contributed by atoms with Gasteiger partial charge in [0.25, 0.3) is 5.91 Å². The summed E-state index contributed by atoms with van der Waals surface area (Å²) >= 11 is 0. The van der Waals surface area contributed by atoms with Crippen molar-refractivity contribution in [3.63, 3.8) is 0 Å². The van der Waals surface area contributed by atoms with Crippen molar-refractivity contribution in [1.82, 2.24) is 10.2 Å². The summed E-state index contributed by atoms with van der Waals surface area (Å²) in [6.45, 7) is 3.70. The molecule has 2 aliphatic rings. The van der Waals surface area contributed by atoms with Crippen molar-refractivity contribution < 1.29 is 13.9 Å². The first-order valence-electron chi connectivity index (χ1n) is 7.97. The summed E-state index contributed by atoms with van der Waals surface area (Å²) in [6.07, 6.45) is 4.51. The molecule has 3 rings (SSSR count). The number of nitrogens with zero attached hydrogens (tertiary/aromatic N) is 1. The van der Waals surface area contributed by atoms with E-state index in [2.05, 4.69) is 5.32 Å². The van der Waals surface area contributed by atoms with Crippen LogP contribution in [-0.4, -0.2) is 44.1 Å². The third kappa shape index (κ3) is 3.78. The number of halogens is 2. The standard InChI is InChI=1S/C17H23FN2O2.ClH/c1-22-15-3-2-13(12-14(15)18)16(21)20-10-6-17(7-11-20)4-8-19-9-5-17;/h2-3,12,19H,4-11H2,1H3;1H. The van der Waals surface area contributed by atoms with Gasteiger partial charge in [-0.2, -0.15) is 0 Å². The minimum absolute atomic E-state index is 0. The summed E-state index contributed by atoms with van der Waals surface area (Å²) in [5, 5.41) is 3.40. The number of hydrogen-bond acceptors (Lipinski definition) is 3. The van der Waals surface area contributed by atoms with E-state index in [9.17, 15) is 9.18 Å². The van der Waals surface area contributed by atoms with E-state index in [1.165, 1.54) is 32.1 Å². The van der Waals surface area contributed by atoms with Crippen LogP contribution in [0.25, 0.3) is 0 Å². The van der Waals surface area contributed by atoms with Crippen LogP contribution >= 0.6 is 12.4 Å². The molecule has 1 aromatic rings. The fourth-order valence-electron chi connectivity index (χ4n) is 3.62. The van der Waals surface area contributed by atoms with Crippen molar-refractivity contribution in [2.24, 2.45) is 5.41 Å². The molecule has 1 N–H and O–H groups in total. The molecule has 2 heterocycles. The third-order valence-electron chi connectivity index (χ3n) is 5.17. The molecule has 1 spiro atoms. The van der Waals surface area contributed by atoms with Gasteiger partial charge in [0.05, 0.1) is 7.11 Å². The highest BCUT2D eigenvalue weighted by Crippen LogP contribution is 2.39. The van der Waals surface area contributed by atoms with Crippen molar-refractivity contribution in [1.29, 1.82) is 0 Å². The molecular formula is C17H24ClFN2O2. The first kappa shape index (κ1) is 18.0. The van der Waals surface area contributed by atoms with Crippen LogP contribution < -0.4 is 10.1 Å². The van der Waals surface area contributed by atoms with Crippen LogP contribution in [0.1, 0.15) is 36.0 Å². The first-order valence-corrected chi connectivity index (χ1v) is 7.97. The van der Waals surface area contributed by atoms with Crippen LogP contribution in [0.3, 0.4) is 0 Å². The molecule has 0 unspecified atom stereocenters. The summed E-state index contributed by atoms with van der Waals surface area (Å²) in [4.78, 5) is 14.4. The summed E-state index contributed by atoms with van der Waals surface area (Å²) in [7, 11) is 1.42. The molecule has 2 saturated heterocycles. The molecule has 23 heavy (non-hydrogen) atoms. The highest BCUT2D eigenvalue weighted by atomic mass is 35.5. The van der Waals surface area contributed by atoms with E-state index >= 15 is 0 Å². The maximum Gasteiger partial charge on any atom is 0.253 e. The van der Waals surface area contributed by atoms with Crippen LogP contribution in [0.2, 0.25) is 0 Å². The molecular weight excluding hydrogens is 319 g/mol. The Morgan fingerprint density at radius 3 is 2.43 bits per heavy atom. The van der Waals surface area contributed by atoms with Gasteiger partial charge in [-0.05, 0) is 62.4 Å². The third-order valence-corrected chi connectivity index (χ3v) is 5.17. The van der Waals surface area contributed by atoms with Gasteiger partial charge in [0.1, 0.15) is 0 Å². The second-order valence-electron chi connectivity index (χ2n) is 6.39. The number of rotatable bonds is 2. The van der Waals surface area contributed by atoms with Gasteiger partial charge in [-0.15, -0.1) is 12.4 Å². The van der Waals surface area contributed by atoms with Crippen molar-refractivity contribution in [2.45, 2.75) is 25.7 Å². The Morgan fingerprint density at radius 1 is 1.22 bits per heavy atom. The number of amides is 1. The molecule has 128 valence electrons. The Morgan fingerprint density at radius 2 is 1.87 bits per heavy atom. The zero-order valence-corrected chi connectivity index (χ0v) is 14.3. The molecule has 1 aromatic carbocycles. The molecule has 6 heteroatoms. The zero-order chi connectivity index (χ0) is 15.6. The number of ether oxygens (including phenoxy) is 1. The lowest BCUT2D eigenvalue weighted by molar-refractivity contribution is 0.0495. The van der Waals surface area contributed by atoms with Crippen molar-refractivity contribution in [3.8, 4) is 5.75 Å². The van der Waals surface area contributed by atoms with Crippen molar-refractivity contribution >= 4 is 18.3 Å². The lowest BCUT2D eigenvalue weighted by Crippen LogP contribution is -2.47. The Hall–Kier alpha value is -1.33. The maximum atomic E-state index is 13.8. The molecule has 2 aliphatic heterocycles. The predicted molar refractivity (Wildman–Crippen MR) is 89.9 cm³/mol. The van der Waals surface area contributed by atoms with E-state index < -0.39 is 5.82 Å². The minimum Gasteiger partial charge on any atom is -0.494 e. The maximum absolute atomic E-state index is 13.8.